The number of hydrogen-bond donors (Lipinski definition) is 0. The van der Waals surface area contributed by atoms with E-state index in [9.17, 15) is 4.79 Å². The van der Waals surface area contributed by atoms with E-state index in [4.69, 9.17) is 21.8 Å². The molecule has 0 radical (unpaired) electrons. The van der Waals surface area contributed by atoms with Crippen LogP contribution in [0.1, 0.15) is 48.5 Å². The third kappa shape index (κ3) is 31.1. The normalized spacial score (nSPS) is 13.5. The number of ether oxygens (including phenoxy) is 3. The quantitative estimate of drug-likeness (QED) is 0.0804. The van der Waals surface area contributed by atoms with Crippen molar-refractivity contribution in [3.8, 4) is 0 Å². The van der Waals surface area contributed by atoms with Gasteiger partial charge in [0.1, 0.15) is 23.2 Å². The molecular formula is C85H116O4P6+6. The molecule has 0 bridgehead atoms. The fourth-order valence-electron chi connectivity index (χ4n) is 9.15. The first-order chi connectivity index (χ1) is 48.7. The summed E-state index contributed by atoms with van der Waals surface area (Å²) in [6.45, 7) is 25.7. The third-order valence-corrected chi connectivity index (χ3v) is 28.0. The van der Waals surface area contributed by atoms with Crippen molar-refractivity contribution in [2.45, 2.75) is 39.4 Å². The zero-order valence-corrected chi connectivity index (χ0v) is 65.3. The van der Waals surface area contributed by atoms with Gasteiger partial charge in [-0.3, -0.25) is 0 Å². The van der Waals surface area contributed by atoms with Crippen molar-refractivity contribution >= 4 is 97.3 Å². The Balaban J connectivity index is 0.000000316. The van der Waals surface area contributed by atoms with Gasteiger partial charge in [-0.15, -0.1) is 0 Å². The van der Waals surface area contributed by atoms with Crippen LogP contribution in [0.5, 0.6) is 0 Å². The lowest BCUT2D eigenvalue weighted by atomic mass is 10.1. The van der Waals surface area contributed by atoms with Crippen molar-refractivity contribution in [1.29, 1.82) is 0 Å². The van der Waals surface area contributed by atoms with Gasteiger partial charge in [-0.05, 0) is 148 Å². The van der Waals surface area contributed by atoms with Crippen molar-refractivity contribution in [1.82, 2.24) is 0 Å². The van der Waals surface area contributed by atoms with Crippen LogP contribution in [-0.2, 0) is 14.2 Å². The van der Waals surface area contributed by atoms with Gasteiger partial charge in [0.05, 0.1) is 157 Å². The van der Waals surface area contributed by atoms with Crippen molar-refractivity contribution in [2.24, 2.45) is 0 Å². The maximum absolute atomic E-state index is 11.0. The number of methoxy groups -OCH3 is 3. The molecule has 10 aromatic carbocycles. The number of carbonyl (C=O) groups excluding carboxylic acids is 1. The summed E-state index contributed by atoms with van der Waals surface area (Å²) in [4.78, 5) is 11.0. The second-order valence-corrected chi connectivity index (χ2v) is 48.8. The maximum Gasteiger partial charge on any atom is 0.338 e. The van der Waals surface area contributed by atoms with E-state index in [1.165, 1.54) is 45.6 Å². The molecule has 95 heavy (non-hydrogen) atoms. The molecule has 0 aromatic heterocycles. The van der Waals surface area contributed by atoms with Crippen molar-refractivity contribution < 1.29 is 31.3 Å². The highest BCUT2D eigenvalue weighted by Gasteiger charge is 2.40. The van der Waals surface area contributed by atoms with Crippen LogP contribution in [0.15, 0.2) is 297 Å². The summed E-state index contributed by atoms with van der Waals surface area (Å²) in [5.41, 5.74) is 1.58. The van der Waals surface area contributed by atoms with E-state index >= 15 is 0 Å². The first-order valence-corrected chi connectivity index (χ1v) is 48.0. The molecule has 0 fully saturated rings. The molecule has 2 unspecified atom stereocenters. The Morgan fingerprint density at radius 3 is 0.789 bits per heavy atom. The second kappa shape index (κ2) is 42.8. The molecule has 0 amide bonds. The molecule has 10 rings (SSSR count). The summed E-state index contributed by atoms with van der Waals surface area (Å²) in [5.74, 6) is -0.275. The highest BCUT2D eigenvalue weighted by Crippen LogP contribution is 2.52. The lowest BCUT2D eigenvalue weighted by Gasteiger charge is -2.22. The van der Waals surface area contributed by atoms with Crippen LogP contribution in [0.2, 0.25) is 0 Å². The lowest BCUT2D eigenvalue weighted by molar-refractivity contribution is 0.0397. The molecule has 0 spiro atoms. The Labute approximate surface area is 594 Å². The van der Waals surface area contributed by atoms with Crippen LogP contribution < -0.4 is 47.7 Å². The Kier molecular flexibility index (Phi) is 31.1. The van der Waals surface area contributed by atoms with Crippen LogP contribution in [0.25, 0.3) is 0 Å². The van der Waals surface area contributed by atoms with Crippen LogP contribution >= 0.6 is 43.6 Å². The molecule has 0 aliphatic carbocycles. The van der Waals surface area contributed by atoms with Crippen LogP contribution in [0, 0.1) is 6.92 Å². The molecule has 0 saturated heterocycles. The Bertz CT molecular complexity index is 3740. The standard InChI is InChI=1S/C19H18P.2C14H16P.C9H10O2.2C9H14P.C7H16O2.C4H12P/c1-20(17-11-5-2-6-12-17,18-13-7-3-8-14-18)19-15-9-4-10-16-19;2*1-15(2,13-9-5-3-6-10-13)14-11-7-4-8-12-14;1-7-5-3-4-6-8(7)9(10)11-2;2*1-10(2,3)9-7-5-4-6-8-9;1-6(8-3)5-7(2)9-4;1-5(2,3)4/h2-16H,1H3;2*3-12H,1-2H3;3-6H,1-2H3;2*4-8H,1-3H3;6-7H,5H2,1-4H3;1-4H3/q3*+1;;2*+1;;+1/i;1D3;;;1D3,2D3;;;. The average molecular weight is 1400 g/mol. The predicted octanol–water partition coefficient (Wildman–Crippen LogP) is 18.6. The summed E-state index contributed by atoms with van der Waals surface area (Å²) in [7, 11) is -4.56. The van der Waals surface area contributed by atoms with Gasteiger partial charge in [-0.25, -0.2) is 4.79 Å². The molecule has 0 heterocycles. The zero-order valence-electron chi connectivity index (χ0n) is 69.0. The lowest BCUT2D eigenvalue weighted by Crippen LogP contribution is -2.30. The summed E-state index contributed by atoms with van der Waals surface area (Å²) in [6, 6.07) is 99.7. The number of carbonyl (C=O) groups is 1. The highest BCUT2D eigenvalue weighted by atomic mass is 31.2. The van der Waals surface area contributed by atoms with E-state index in [-0.39, 0.29) is 13.2 Å². The van der Waals surface area contributed by atoms with E-state index in [0.29, 0.717) is 23.1 Å². The number of esters is 1. The Hall–Kier alpha value is -5.83. The van der Waals surface area contributed by atoms with Gasteiger partial charge >= 0.3 is 5.97 Å². The van der Waals surface area contributed by atoms with Crippen LogP contribution in [0.4, 0.5) is 0 Å². The van der Waals surface area contributed by atoms with Gasteiger partial charge in [0.15, 0.2) is 0 Å². The minimum Gasteiger partial charge on any atom is -0.465 e. The number of aryl methyl sites for hydroxylation is 1. The Morgan fingerprint density at radius 2 is 0.558 bits per heavy atom. The highest BCUT2D eigenvalue weighted by molar-refractivity contribution is 7.95. The average Bonchev–Trinajstić information content (AvgIpc) is 0.764. The fraction of sp³-hybridized carbons (Fsp3) is 0.282. The van der Waals surface area contributed by atoms with Gasteiger partial charge in [-0.2, -0.15) is 0 Å². The molecule has 0 aliphatic heterocycles. The van der Waals surface area contributed by atoms with E-state index in [1.807, 2.05) is 106 Å². The molecule has 0 aliphatic rings. The maximum atomic E-state index is 11.0. The van der Waals surface area contributed by atoms with E-state index in [2.05, 4.69) is 253 Å². The SMILES string of the molecule is COC(=O)c1ccccc1C.COC(C)CC(C)OC.C[P+](C)(C)C.C[P+](C)(C)c1ccccc1.C[P+](C)(c1ccccc1)c1ccccc1.C[P+](c1ccccc1)(c1ccccc1)c1ccccc1.[2H]C([2H])([2H])[P+](C)(c1ccccc1)C([2H])([2H])[2H].[2H]C([2H])([2H])[P+](C)(c1ccccc1)c1ccccc1. The molecular weight excluding hydrogens is 1270 g/mol. The topological polar surface area (TPSA) is 44.8 Å². The zero-order chi connectivity index (χ0) is 78.1. The van der Waals surface area contributed by atoms with Crippen molar-refractivity contribution in [3.63, 3.8) is 0 Å². The number of rotatable bonds is 14. The first-order valence-electron chi connectivity index (χ1n) is 36.4. The number of benzene rings is 10. The molecule has 0 N–H and O–H groups in total. The molecule has 2 atom stereocenters. The molecule has 504 valence electrons. The molecule has 10 aromatic rings. The summed E-state index contributed by atoms with van der Waals surface area (Å²) >= 11 is 0. The largest absolute Gasteiger partial charge is 0.465 e. The van der Waals surface area contributed by atoms with Gasteiger partial charge in [0, 0.05) is 62.7 Å². The summed E-state index contributed by atoms with van der Waals surface area (Å²) < 4.78 is 83.5. The van der Waals surface area contributed by atoms with Crippen molar-refractivity contribution in [3.05, 3.63) is 308 Å². The van der Waals surface area contributed by atoms with Crippen LogP contribution in [0.3, 0.4) is 0 Å². The minimum atomic E-state index is -3.19. The third-order valence-electron chi connectivity index (χ3n) is 15.0. The summed E-state index contributed by atoms with van der Waals surface area (Å²) in [6.07, 6.45) is 1.58. The minimum absolute atomic E-state index is 0.275. The van der Waals surface area contributed by atoms with E-state index < -0.39 is 56.1 Å². The van der Waals surface area contributed by atoms with Crippen molar-refractivity contribution in [2.75, 3.05) is 121 Å². The van der Waals surface area contributed by atoms with E-state index in [0.717, 1.165) is 22.6 Å². The van der Waals surface area contributed by atoms with Crippen LogP contribution in [-0.4, -0.2) is 139 Å². The van der Waals surface area contributed by atoms with E-state index in [1.54, 1.807) is 50.6 Å². The molecule has 10 heteroatoms. The molecule has 4 nitrogen and oxygen atoms in total. The smallest absolute Gasteiger partial charge is 0.338 e. The second-order valence-electron chi connectivity index (χ2n) is 25.8. The fourth-order valence-corrected chi connectivity index (χ4v) is 18.2. The van der Waals surface area contributed by atoms with Gasteiger partial charge in [-0.1, -0.05) is 182 Å². The first kappa shape index (κ1) is 69.1. The number of hydrogen-bond acceptors (Lipinski definition) is 4. The predicted molar refractivity (Wildman–Crippen MR) is 445 cm³/mol. The van der Waals surface area contributed by atoms with Gasteiger partial charge in [0.2, 0.25) is 0 Å². The Morgan fingerprint density at radius 1 is 0.326 bits per heavy atom. The molecule has 0 saturated carbocycles. The van der Waals surface area contributed by atoms with Gasteiger partial charge in [0.25, 0.3) is 0 Å². The monoisotopic (exact) mass is 1400 g/mol. The summed E-state index contributed by atoms with van der Waals surface area (Å²) in [5, 5.41) is 11.0. The van der Waals surface area contributed by atoms with Gasteiger partial charge < -0.3 is 14.2 Å².